The van der Waals surface area contributed by atoms with E-state index >= 15 is 0 Å². The fourth-order valence-electron chi connectivity index (χ4n) is 2.06. The summed E-state index contributed by atoms with van der Waals surface area (Å²) in [6.07, 6.45) is 1.99. The minimum atomic E-state index is -3.71. The van der Waals surface area contributed by atoms with Crippen LogP contribution >= 0.6 is 12.4 Å². The van der Waals surface area contributed by atoms with Crippen molar-refractivity contribution in [1.29, 1.82) is 5.26 Å². The number of nitrogens with one attached hydrogen (secondary N) is 1. The van der Waals surface area contributed by atoms with Gasteiger partial charge in [0.25, 0.3) is 0 Å². The zero-order valence-electron chi connectivity index (χ0n) is 11.6. The number of nitriles is 1. The number of methoxy groups -OCH3 is 1. The first-order chi connectivity index (χ1) is 9.51. The molecule has 21 heavy (non-hydrogen) atoms. The molecule has 0 heterocycles. The molecule has 1 fully saturated rings. The number of rotatable bonds is 6. The van der Waals surface area contributed by atoms with E-state index in [2.05, 4.69) is 4.72 Å². The van der Waals surface area contributed by atoms with Crippen LogP contribution < -0.4 is 15.2 Å². The summed E-state index contributed by atoms with van der Waals surface area (Å²) in [6, 6.07) is 5.93. The lowest BCUT2D eigenvalue weighted by atomic mass is 10.2. The topological polar surface area (TPSA) is 105 Å². The van der Waals surface area contributed by atoms with Gasteiger partial charge >= 0.3 is 0 Å². The Labute approximate surface area is 130 Å². The normalized spacial score (nSPS) is 15.7. The molecule has 0 aromatic heterocycles. The van der Waals surface area contributed by atoms with Crippen LogP contribution in [0.3, 0.4) is 0 Å². The molecule has 1 aromatic carbocycles. The second-order valence-electron chi connectivity index (χ2n) is 4.78. The van der Waals surface area contributed by atoms with Gasteiger partial charge in [0.1, 0.15) is 10.6 Å². The largest absolute Gasteiger partial charge is 0.495 e. The van der Waals surface area contributed by atoms with Crippen molar-refractivity contribution in [3.05, 3.63) is 23.8 Å². The lowest BCUT2D eigenvalue weighted by molar-refractivity contribution is 0.401. The highest BCUT2D eigenvalue weighted by Crippen LogP contribution is 2.33. The Balaban J connectivity index is 0.00000220. The maximum atomic E-state index is 12.4. The molecular weight excluding hydrogens is 314 g/mol. The summed E-state index contributed by atoms with van der Waals surface area (Å²) in [5, 5.41) is 8.83. The quantitative estimate of drug-likeness (QED) is 0.809. The van der Waals surface area contributed by atoms with Crippen molar-refractivity contribution >= 4 is 22.4 Å². The van der Waals surface area contributed by atoms with E-state index in [4.69, 9.17) is 15.7 Å². The molecule has 1 saturated carbocycles. The Kier molecular flexibility index (Phi) is 5.98. The average Bonchev–Trinajstić information content (AvgIpc) is 3.28. The van der Waals surface area contributed by atoms with Crippen LogP contribution in [0.5, 0.6) is 5.75 Å². The van der Waals surface area contributed by atoms with Gasteiger partial charge in [-0.2, -0.15) is 5.26 Å². The molecule has 6 nitrogen and oxygen atoms in total. The van der Waals surface area contributed by atoms with Crippen molar-refractivity contribution < 1.29 is 13.2 Å². The van der Waals surface area contributed by atoms with Crippen LogP contribution in [0.4, 0.5) is 0 Å². The third-order valence-corrected chi connectivity index (χ3v) is 4.86. The summed E-state index contributed by atoms with van der Waals surface area (Å²) in [5.41, 5.74) is 5.96. The summed E-state index contributed by atoms with van der Waals surface area (Å²) in [4.78, 5) is 0.0260. The standard InChI is InChI=1S/C13H17N3O3S.ClH/c1-19-12-6-9(7-14)2-5-13(12)20(17,18)16-11(8-15)10-3-4-10;/h2,5-6,10-11,16H,3-4,8,15H2,1H3;1H. The van der Waals surface area contributed by atoms with Crippen molar-refractivity contribution in [2.24, 2.45) is 11.7 Å². The Morgan fingerprint density at radius 2 is 2.19 bits per heavy atom. The molecule has 0 amide bonds. The van der Waals surface area contributed by atoms with E-state index in [0.29, 0.717) is 11.5 Å². The summed E-state index contributed by atoms with van der Waals surface area (Å²) in [7, 11) is -2.34. The van der Waals surface area contributed by atoms with Crippen molar-refractivity contribution in [3.63, 3.8) is 0 Å². The Bertz CT molecular complexity index is 639. The second-order valence-corrected chi connectivity index (χ2v) is 6.46. The average molecular weight is 332 g/mol. The van der Waals surface area contributed by atoms with E-state index < -0.39 is 10.0 Å². The number of benzene rings is 1. The molecule has 3 N–H and O–H groups in total. The van der Waals surface area contributed by atoms with Crippen molar-refractivity contribution in [2.75, 3.05) is 13.7 Å². The molecule has 8 heteroatoms. The monoisotopic (exact) mass is 331 g/mol. The summed E-state index contributed by atoms with van der Waals surface area (Å²) in [6.45, 7) is 0.266. The highest BCUT2D eigenvalue weighted by Gasteiger charge is 2.34. The fourth-order valence-corrected chi connectivity index (χ4v) is 3.53. The van der Waals surface area contributed by atoms with Gasteiger partial charge in [-0.15, -0.1) is 12.4 Å². The molecular formula is C13H18ClN3O3S. The molecule has 116 valence electrons. The number of hydrogen-bond acceptors (Lipinski definition) is 5. The molecule has 0 bridgehead atoms. The number of hydrogen-bond donors (Lipinski definition) is 2. The Morgan fingerprint density at radius 1 is 1.52 bits per heavy atom. The van der Waals surface area contributed by atoms with E-state index in [9.17, 15) is 8.42 Å². The first-order valence-corrected chi connectivity index (χ1v) is 7.80. The van der Waals surface area contributed by atoms with Gasteiger partial charge in [-0.3, -0.25) is 0 Å². The second kappa shape index (κ2) is 7.09. The van der Waals surface area contributed by atoms with Crippen LogP contribution in [0, 0.1) is 17.2 Å². The molecule has 0 saturated heterocycles. The van der Waals surface area contributed by atoms with Crippen LogP contribution in [0.1, 0.15) is 18.4 Å². The SMILES string of the molecule is COc1cc(C#N)ccc1S(=O)(=O)NC(CN)C1CC1.Cl. The van der Waals surface area contributed by atoms with Gasteiger partial charge in [0.2, 0.25) is 10.0 Å². The van der Waals surface area contributed by atoms with Gasteiger partial charge < -0.3 is 10.5 Å². The molecule has 1 atom stereocenters. The van der Waals surface area contributed by atoms with Crippen LogP contribution in [-0.2, 0) is 10.0 Å². The molecule has 0 aliphatic heterocycles. The molecule has 1 aliphatic carbocycles. The third-order valence-electron chi connectivity index (χ3n) is 3.33. The fraction of sp³-hybridized carbons (Fsp3) is 0.462. The van der Waals surface area contributed by atoms with E-state index in [1.807, 2.05) is 6.07 Å². The minimum Gasteiger partial charge on any atom is -0.495 e. The van der Waals surface area contributed by atoms with Crippen molar-refractivity contribution in [3.8, 4) is 11.8 Å². The predicted octanol–water partition coefficient (Wildman–Crippen LogP) is 1.00. The predicted molar refractivity (Wildman–Crippen MR) is 80.8 cm³/mol. The minimum absolute atomic E-state index is 0. The van der Waals surface area contributed by atoms with Gasteiger partial charge in [-0.25, -0.2) is 13.1 Å². The Morgan fingerprint density at radius 3 is 2.67 bits per heavy atom. The smallest absolute Gasteiger partial charge is 0.244 e. The van der Waals surface area contributed by atoms with Crippen molar-refractivity contribution in [2.45, 2.75) is 23.8 Å². The maximum absolute atomic E-state index is 12.4. The van der Waals surface area contributed by atoms with Gasteiger partial charge in [-0.05, 0) is 37.0 Å². The van der Waals surface area contributed by atoms with Crippen LogP contribution in [0.15, 0.2) is 23.1 Å². The van der Waals surface area contributed by atoms with Crippen LogP contribution in [0.25, 0.3) is 0 Å². The number of ether oxygens (including phenoxy) is 1. The lowest BCUT2D eigenvalue weighted by Gasteiger charge is -2.17. The van der Waals surface area contributed by atoms with E-state index in [1.54, 1.807) is 0 Å². The number of nitrogens with zero attached hydrogens (tertiary/aromatic N) is 1. The molecule has 0 radical (unpaired) electrons. The van der Waals surface area contributed by atoms with Gasteiger partial charge in [0.15, 0.2) is 0 Å². The summed E-state index contributed by atoms with van der Waals surface area (Å²) < 4.78 is 32.4. The van der Waals surface area contributed by atoms with Gasteiger partial charge in [0.05, 0.1) is 18.7 Å². The summed E-state index contributed by atoms with van der Waals surface area (Å²) in [5.74, 6) is 0.474. The van der Waals surface area contributed by atoms with Gasteiger partial charge in [0, 0.05) is 12.6 Å². The molecule has 1 unspecified atom stereocenters. The maximum Gasteiger partial charge on any atom is 0.244 e. The van der Waals surface area contributed by atoms with E-state index in [-0.39, 0.29) is 35.6 Å². The highest BCUT2D eigenvalue weighted by atomic mass is 35.5. The molecule has 1 aromatic rings. The Hall–Kier alpha value is -1.33. The zero-order valence-corrected chi connectivity index (χ0v) is 13.2. The molecule has 0 spiro atoms. The first-order valence-electron chi connectivity index (χ1n) is 6.32. The molecule has 2 rings (SSSR count). The number of halogens is 1. The van der Waals surface area contributed by atoms with Crippen LogP contribution in [0.2, 0.25) is 0 Å². The number of sulfonamides is 1. The van der Waals surface area contributed by atoms with E-state index in [1.165, 1.54) is 25.3 Å². The molecule has 1 aliphatic rings. The van der Waals surface area contributed by atoms with Crippen LogP contribution in [-0.4, -0.2) is 28.1 Å². The summed E-state index contributed by atoms with van der Waals surface area (Å²) >= 11 is 0. The van der Waals surface area contributed by atoms with Crippen molar-refractivity contribution in [1.82, 2.24) is 4.72 Å². The first kappa shape index (κ1) is 17.7. The zero-order chi connectivity index (χ0) is 14.8. The van der Waals surface area contributed by atoms with Gasteiger partial charge in [-0.1, -0.05) is 0 Å². The van der Waals surface area contributed by atoms with E-state index in [0.717, 1.165) is 12.8 Å². The number of nitrogens with two attached hydrogens (primary N) is 1. The lowest BCUT2D eigenvalue weighted by Crippen LogP contribution is -2.41. The third kappa shape index (κ3) is 4.08. The highest BCUT2D eigenvalue weighted by molar-refractivity contribution is 7.89.